The van der Waals surface area contributed by atoms with Gasteiger partial charge in [0.1, 0.15) is 75.9 Å². The van der Waals surface area contributed by atoms with Gasteiger partial charge in [-0.2, -0.15) is 0 Å². The van der Waals surface area contributed by atoms with Gasteiger partial charge in [-0.3, -0.25) is 19.2 Å². The lowest BCUT2D eigenvalue weighted by Crippen LogP contribution is -2.17. The van der Waals surface area contributed by atoms with Crippen molar-refractivity contribution in [2.24, 2.45) is 0 Å². The fraction of sp³-hybridized carbons (Fsp3) is 0.475. The summed E-state index contributed by atoms with van der Waals surface area (Å²) < 4.78 is 59.4. The number of fused-ring (bicyclic) bond motifs is 8. The summed E-state index contributed by atoms with van der Waals surface area (Å²) in [5, 5.41) is 0. The second-order valence-corrected chi connectivity index (χ2v) is 24.5. The molecule has 0 fully saturated rings. The van der Waals surface area contributed by atoms with Crippen LogP contribution in [0.1, 0.15) is 244 Å². The number of rotatable bonds is 44. The second-order valence-electron chi connectivity index (χ2n) is 24.5. The van der Waals surface area contributed by atoms with E-state index in [-0.39, 0.29) is 175 Å². The van der Waals surface area contributed by atoms with Crippen LogP contribution >= 0.6 is 0 Å². The Hall–Kier alpha value is -9.46. The summed E-state index contributed by atoms with van der Waals surface area (Å²) in [5.74, 6) is -4.21. The van der Waals surface area contributed by atoms with Crippen LogP contribution in [-0.2, 0) is 82.9 Å². The second kappa shape index (κ2) is 43.8. The lowest BCUT2D eigenvalue weighted by Gasteiger charge is -2.25. The third-order valence-corrected chi connectivity index (χ3v) is 16.1. The lowest BCUT2D eigenvalue weighted by molar-refractivity contribution is -0.140. The fourth-order valence-electron chi connectivity index (χ4n) is 11.1. The number of ketones is 4. The summed E-state index contributed by atoms with van der Waals surface area (Å²) in [4.78, 5) is 135. The Morgan fingerprint density at radius 1 is 0.310 bits per heavy atom. The molecule has 100 heavy (non-hydrogen) atoms. The Kier molecular flexibility index (Phi) is 35.6. The van der Waals surface area contributed by atoms with E-state index in [1.54, 1.807) is 62.4 Å². The molecule has 0 aromatic heterocycles. The highest BCUT2D eigenvalue weighted by Gasteiger charge is 2.28. The van der Waals surface area contributed by atoms with E-state index in [1.165, 1.54) is 13.8 Å². The number of Topliss-reactive ketones (excluding diaryl/α,β-unsaturated/α-hetero) is 4. The smallest absolute Gasteiger partial charge is 0.333 e. The van der Waals surface area contributed by atoms with Gasteiger partial charge < -0.3 is 47.4 Å². The van der Waals surface area contributed by atoms with Gasteiger partial charge in [0.05, 0.1) is 13.2 Å². The predicted octanol–water partition coefficient (Wildman–Crippen LogP) is 14.5. The Balaban J connectivity index is 2.01. The van der Waals surface area contributed by atoms with Gasteiger partial charge in [-0.05, 0) is 146 Å². The maximum Gasteiger partial charge on any atom is 0.333 e. The van der Waals surface area contributed by atoms with Crippen molar-refractivity contribution in [3.63, 3.8) is 0 Å². The standard InChI is InChI=1S/C80H100O20/c1-11-17-21-25-67(81)55-41-59-49-63-45-57(69(83)27-23-19-13-3)47-65(77(63)97-37-39-99-79(89)53(7)8)51-61-43-56(68(82)26-22-18-12-2)44-62(76(61)96-36-34-94-74(88)32-30-72(86)92-16-6)52-66-48-58(70(84)28-24-20-14-4)46-64(78(66)98-38-40-100-80(90)54(9)10)50-60(42-55)75(59)95-35-33-93-73(87)31-29-71(85)91-15-5/h29-32,41-48H,7,9,11-28,33-40,49-52H2,1-6,8,10H3/b31-29-,32-30-. The molecule has 0 spiro atoms. The van der Waals surface area contributed by atoms with Crippen LogP contribution in [0.3, 0.4) is 0 Å². The van der Waals surface area contributed by atoms with Crippen LogP contribution in [0.25, 0.3) is 0 Å². The molecule has 0 radical (unpaired) electrons. The minimum absolute atomic E-state index is 0.0906. The summed E-state index contributed by atoms with van der Waals surface area (Å²) in [6.45, 7) is 20.1. The molecule has 0 amide bonds. The fourth-order valence-corrected chi connectivity index (χ4v) is 11.1. The van der Waals surface area contributed by atoms with E-state index in [1.807, 2.05) is 27.7 Å². The van der Waals surface area contributed by atoms with Gasteiger partial charge in [0.25, 0.3) is 0 Å². The number of hydrogen-bond acceptors (Lipinski definition) is 20. The molecule has 4 aromatic carbocycles. The molecule has 4 aromatic rings. The largest absolute Gasteiger partial charge is 0.489 e. The van der Waals surface area contributed by atoms with E-state index in [0.29, 0.717) is 92.4 Å². The molecule has 0 heterocycles. The van der Waals surface area contributed by atoms with Crippen LogP contribution in [0.5, 0.6) is 23.0 Å². The van der Waals surface area contributed by atoms with Crippen LogP contribution in [0.2, 0.25) is 0 Å². The Morgan fingerprint density at radius 2 is 0.520 bits per heavy atom. The zero-order valence-corrected chi connectivity index (χ0v) is 59.7. The van der Waals surface area contributed by atoms with Crippen LogP contribution in [0, 0.1) is 0 Å². The molecule has 20 nitrogen and oxygen atoms in total. The molecule has 0 aliphatic heterocycles. The Labute approximate surface area is 588 Å². The number of esters is 6. The molecule has 0 unspecified atom stereocenters. The molecule has 1 aliphatic rings. The predicted molar refractivity (Wildman–Crippen MR) is 378 cm³/mol. The van der Waals surface area contributed by atoms with Gasteiger partial charge in [0.15, 0.2) is 23.1 Å². The van der Waals surface area contributed by atoms with Crippen LogP contribution < -0.4 is 18.9 Å². The Bertz CT molecular complexity index is 3270. The van der Waals surface area contributed by atoms with E-state index in [2.05, 4.69) is 13.2 Å². The highest BCUT2D eigenvalue weighted by Crippen LogP contribution is 2.42. The first-order valence-electron chi connectivity index (χ1n) is 35.1. The van der Waals surface area contributed by atoms with Gasteiger partial charge in [-0.25, -0.2) is 28.8 Å². The zero-order chi connectivity index (χ0) is 72.9. The molecule has 20 heteroatoms. The van der Waals surface area contributed by atoms with Gasteiger partial charge in [0.2, 0.25) is 0 Å². The van der Waals surface area contributed by atoms with Crippen molar-refractivity contribution in [2.75, 3.05) is 66.1 Å². The van der Waals surface area contributed by atoms with Gasteiger partial charge in [0, 0.05) is 109 Å². The van der Waals surface area contributed by atoms with E-state index >= 15 is 0 Å². The SMILES string of the molecule is C=C(C)C(=O)OCCOc1c2cc(C(=O)CCCCC)cc1Cc1cc(C(=O)CCCCC)cc(c1OCCOC(=O)/C=C\C(=O)OCC)Cc1cc(C(=O)CCCCC)cc(c1OCCOC(=O)C(=C)C)Cc1cc(C(=O)CCCCC)cc(c1OCCOC(=O)/C=C\C(=O)OCC)C2. The van der Waals surface area contributed by atoms with Gasteiger partial charge >= 0.3 is 35.8 Å². The summed E-state index contributed by atoms with van der Waals surface area (Å²) in [6.07, 6.45) is 13.0. The maximum absolute atomic E-state index is 14.8. The normalized spacial score (nSPS) is 11.7. The number of benzene rings is 4. The van der Waals surface area contributed by atoms with Crippen molar-refractivity contribution >= 4 is 58.9 Å². The average Bonchev–Trinajstić information content (AvgIpc) is 0.772. The van der Waals surface area contributed by atoms with Crippen molar-refractivity contribution < 1.29 is 95.3 Å². The quantitative estimate of drug-likeness (QED) is 0.0115. The average molecular weight is 1380 g/mol. The van der Waals surface area contributed by atoms with Crippen LogP contribution in [-0.4, -0.2) is 125 Å². The van der Waals surface area contributed by atoms with E-state index in [9.17, 15) is 47.9 Å². The maximum atomic E-state index is 14.8. The van der Waals surface area contributed by atoms with E-state index in [4.69, 9.17) is 47.4 Å². The number of carbonyl (C=O) groups is 10. The third kappa shape index (κ3) is 27.0. The third-order valence-electron chi connectivity index (χ3n) is 16.1. The summed E-state index contributed by atoms with van der Waals surface area (Å²) in [6, 6.07) is 13.9. The molecule has 5 rings (SSSR count). The van der Waals surface area contributed by atoms with Crippen molar-refractivity contribution in [3.8, 4) is 23.0 Å². The number of carbonyl (C=O) groups excluding carboxylic acids is 10. The van der Waals surface area contributed by atoms with E-state index in [0.717, 1.165) is 75.7 Å². The summed E-state index contributed by atoms with van der Waals surface area (Å²) in [5.41, 5.74) is 5.05. The van der Waals surface area contributed by atoms with Crippen LogP contribution in [0.4, 0.5) is 0 Å². The van der Waals surface area contributed by atoms with Crippen molar-refractivity contribution in [1.82, 2.24) is 0 Å². The first kappa shape index (κ1) is 81.2. The Morgan fingerprint density at radius 3 is 0.720 bits per heavy atom. The first-order valence-corrected chi connectivity index (χ1v) is 35.1. The van der Waals surface area contributed by atoms with Crippen molar-refractivity contribution in [3.05, 3.63) is 164 Å². The molecule has 1 aliphatic carbocycles. The highest BCUT2D eigenvalue weighted by atomic mass is 16.6. The van der Waals surface area contributed by atoms with Crippen LogP contribution in [0.15, 0.2) is 97.1 Å². The molecule has 540 valence electrons. The summed E-state index contributed by atoms with van der Waals surface area (Å²) >= 11 is 0. The highest BCUT2D eigenvalue weighted by molar-refractivity contribution is 6.00. The zero-order valence-electron chi connectivity index (χ0n) is 59.7. The number of ether oxygens (including phenoxy) is 10. The minimum atomic E-state index is -0.853. The first-order chi connectivity index (χ1) is 48.1. The molecule has 0 N–H and O–H groups in total. The molecular weight excluding hydrogens is 1280 g/mol. The number of hydrogen-bond donors (Lipinski definition) is 0. The monoisotopic (exact) mass is 1380 g/mol. The minimum Gasteiger partial charge on any atom is -0.489 e. The number of unbranched alkanes of at least 4 members (excludes halogenated alkanes) is 8. The summed E-state index contributed by atoms with van der Waals surface area (Å²) in [7, 11) is 0. The molecule has 0 saturated carbocycles. The topological polar surface area (TPSA) is 263 Å². The molecule has 0 saturated heterocycles. The van der Waals surface area contributed by atoms with E-state index < -0.39 is 35.8 Å². The van der Waals surface area contributed by atoms with Gasteiger partial charge in [-0.1, -0.05) is 92.2 Å². The lowest BCUT2D eigenvalue weighted by atomic mass is 9.86. The molecule has 8 bridgehead atoms. The van der Waals surface area contributed by atoms with Crippen molar-refractivity contribution in [2.45, 2.75) is 184 Å². The molecule has 0 atom stereocenters. The van der Waals surface area contributed by atoms with Gasteiger partial charge in [-0.15, -0.1) is 0 Å². The van der Waals surface area contributed by atoms with Crippen molar-refractivity contribution in [1.29, 1.82) is 0 Å². The molecular formula is C80H100O20.